The van der Waals surface area contributed by atoms with Crippen LogP contribution in [0.1, 0.15) is 18.4 Å². The number of amides is 1. The number of benzene rings is 1. The maximum absolute atomic E-state index is 12.8. The average Bonchev–Trinajstić information content (AvgIpc) is 2.81. The Labute approximate surface area is 187 Å². The van der Waals surface area contributed by atoms with Gasteiger partial charge in [0.05, 0.1) is 17.2 Å². The van der Waals surface area contributed by atoms with Gasteiger partial charge < -0.3 is 10.2 Å². The van der Waals surface area contributed by atoms with E-state index in [1.807, 2.05) is 4.90 Å². The number of anilines is 2. The van der Waals surface area contributed by atoms with Gasteiger partial charge in [0.2, 0.25) is 11.9 Å². The molecule has 33 heavy (non-hydrogen) atoms. The zero-order valence-electron chi connectivity index (χ0n) is 17.8. The van der Waals surface area contributed by atoms with E-state index < -0.39 is 17.7 Å². The molecule has 1 amide bonds. The Morgan fingerprint density at radius 2 is 1.82 bits per heavy atom. The fourth-order valence-electron chi connectivity index (χ4n) is 3.84. The minimum Gasteiger partial charge on any atom is -0.341 e. The molecule has 0 aliphatic carbocycles. The molecule has 3 heterocycles. The number of halogens is 3. The molecule has 1 fully saturated rings. The number of nitrogens with zero attached hydrogens (tertiary/aromatic N) is 4. The first-order valence-corrected chi connectivity index (χ1v) is 10.4. The molecule has 172 valence electrons. The van der Waals surface area contributed by atoms with Crippen LogP contribution in [-0.2, 0) is 18.0 Å². The zero-order valence-corrected chi connectivity index (χ0v) is 17.8. The lowest BCUT2D eigenvalue weighted by molar-refractivity contribution is -0.137. The number of carbonyl (C=O) groups excluding carboxylic acids is 1. The van der Waals surface area contributed by atoms with Gasteiger partial charge in [-0.2, -0.15) is 13.2 Å². The normalized spacial score (nSPS) is 16.5. The number of rotatable bonds is 4. The number of pyridine rings is 1. The summed E-state index contributed by atoms with van der Waals surface area (Å²) in [6.45, 7) is 0.969. The fourth-order valence-corrected chi connectivity index (χ4v) is 3.84. The van der Waals surface area contributed by atoms with Crippen molar-refractivity contribution in [2.24, 2.45) is 13.0 Å². The van der Waals surface area contributed by atoms with Crippen LogP contribution in [0.5, 0.6) is 0 Å². The molecule has 1 unspecified atom stereocenters. The van der Waals surface area contributed by atoms with Crippen LogP contribution < -0.4 is 15.8 Å². The first kappa shape index (κ1) is 22.5. The Morgan fingerprint density at radius 3 is 2.48 bits per heavy atom. The number of hydrogen-bond acceptors (Lipinski definition) is 5. The predicted octanol–water partition coefficient (Wildman–Crippen LogP) is 3.72. The van der Waals surface area contributed by atoms with Crippen LogP contribution in [0, 0.1) is 5.92 Å². The highest BCUT2D eigenvalue weighted by Gasteiger charge is 2.31. The molecule has 0 bridgehead atoms. The minimum absolute atomic E-state index is 0.219. The SMILES string of the molecule is Cn1c(N2CCCC(C(=O)Nc3ccc(C(F)(F)F)cc3)C2)nc(-c2ccncc2)cc1=O. The summed E-state index contributed by atoms with van der Waals surface area (Å²) in [6.07, 6.45) is 0.148. The van der Waals surface area contributed by atoms with E-state index in [2.05, 4.69) is 15.3 Å². The van der Waals surface area contributed by atoms with Crippen LogP contribution in [0.25, 0.3) is 11.3 Å². The average molecular weight is 457 g/mol. The molecule has 0 spiro atoms. The van der Waals surface area contributed by atoms with Crippen molar-refractivity contribution < 1.29 is 18.0 Å². The molecular formula is C23H22F3N5O2. The zero-order chi connectivity index (χ0) is 23.6. The van der Waals surface area contributed by atoms with E-state index in [9.17, 15) is 22.8 Å². The summed E-state index contributed by atoms with van der Waals surface area (Å²) in [5.74, 6) is -0.224. The topological polar surface area (TPSA) is 80.1 Å². The number of alkyl halides is 3. The quantitative estimate of drug-likeness (QED) is 0.646. The molecule has 7 nitrogen and oxygen atoms in total. The van der Waals surface area contributed by atoms with Gasteiger partial charge in [-0.1, -0.05) is 0 Å². The van der Waals surface area contributed by atoms with Crippen molar-refractivity contribution >= 4 is 17.5 Å². The minimum atomic E-state index is -4.43. The third-order valence-electron chi connectivity index (χ3n) is 5.64. The second-order valence-corrected chi connectivity index (χ2v) is 7.92. The Balaban J connectivity index is 1.51. The number of carbonyl (C=O) groups is 1. The Bertz CT molecular complexity index is 1190. The number of hydrogen-bond donors (Lipinski definition) is 1. The van der Waals surface area contributed by atoms with Gasteiger partial charge in [0, 0.05) is 49.8 Å². The van der Waals surface area contributed by atoms with Gasteiger partial charge in [-0.15, -0.1) is 0 Å². The molecule has 10 heteroatoms. The number of nitrogens with one attached hydrogen (secondary N) is 1. The standard InChI is InChI=1S/C23H22F3N5O2/c1-30-20(32)13-19(15-8-10-27-11-9-15)29-22(30)31-12-2-3-16(14-31)21(33)28-18-6-4-17(5-7-18)23(24,25)26/h4-11,13,16H,2-3,12,14H2,1H3,(H,28,33). The van der Waals surface area contributed by atoms with Crippen molar-refractivity contribution in [3.8, 4) is 11.3 Å². The van der Waals surface area contributed by atoms with E-state index in [-0.39, 0.29) is 11.5 Å². The largest absolute Gasteiger partial charge is 0.416 e. The third-order valence-corrected chi connectivity index (χ3v) is 5.64. The van der Waals surface area contributed by atoms with Gasteiger partial charge in [-0.25, -0.2) is 4.98 Å². The first-order chi connectivity index (χ1) is 15.7. The maximum atomic E-state index is 12.8. The van der Waals surface area contributed by atoms with Crippen molar-refractivity contribution in [1.82, 2.24) is 14.5 Å². The smallest absolute Gasteiger partial charge is 0.341 e. The van der Waals surface area contributed by atoms with Crippen molar-refractivity contribution in [2.75, 3.05) is 23.3 Å². The van der Waals surface area contributed by atoms with Gasteiger partial charge in [0.15, 0.2) is 0 Å². The Hall–Kier alpha value is -3.69. The van der Waals surface area contributed by atoms with Crippen molar-refractivity contribution in [3.05, 3.63) is 70.8 Å². The molecule has 0 saturated carbocycles. The fraction of sp³-hybridized carbons (Fsp3) is 0.304. The molecule has 2 aromatic heterocycles. The Morgan fingerprint density at radius 1 is 1.12 bits per heavy atom. The second kappa shape index (κ2) is 9.05. The van der Waals surface area contributed by atoms with Crippen LogP contribution in [0.2, 0.25) is 0 Å². The number of aromatic nitrogens is 3. The molecule has 1 saturated heterocycles. The maximum Gasteiger partial charge on any atom is 0.416 e. The Kier molecular flexibility index (Phi) is 6.17. The van der Waals surface area contributed by atoms with Crippen molar-refractivity contribution in [2.45, 2.75) is 19.0 Å². The molecule has 1 aliphatic rings. The molecule has 1 aliphatic heterocycles. The van der Waals surface area contributed by atoms with Gasteiger partial charge in [0.25, 0.3) is 5.56 Å². The molecule has 1 atom stereocenters. The van der Waals surface area contributed by atoms with Crippen LogP contribution in [0.3, 0.4) is 0 Å². The van der Waals surface area contributed by atoms with Crippen LogP contribution in [0.15, 0.2) is 59.7 Å². The van der Waals surface area contributed by atoms with E-state index >= 15 is 0 Å². The van der Waals surface area contributed by atoms with Crippen LogP contribution >= 0.6 is 0 Å². The molecule has 3 aromatic rings. The lowest BCUT2D eigenvalue weighted by Gasteiger charge is -2.33. The molecular weight excluding hydrogens is 435 g/mol. The van der Waals surface area contributed by atoms with Gasteiger partial charge in [-0.05, 0) is 49.2 Å². The second-order valence-electron chi connectivity index (χ2n) is 7.92. The molecule has 0 radical (unpaired) electrons. The highest BCUT2D eigenvalue weighted by molar-refractivity contribution is 5.93. The van der Waals surface area contributed by atoms with Crippen LogP contribution in [0.4, 0.5) is 24.8 Å². The van der Waals surface area contributed by atoms with E-state index in [0.29, 0.717) is 43.3 Å². The summed E-state index contributed by atoms with van der Waals surface area (Å²) in [4.78, 5) is 35.9. The van der Waals surface area contributed by atoms with Gasteiger partial charge in [0.1, 0.15) is 0 Å². The van der Waals surface area contributed by atoms with E-state index in [4.69, 9.17) is 0 Å². The predicted molar refractivity (Wildman–Crippen MR) is 118 cm³/mol. The van der Waals surface area contributed by atoms with E-state index in [1.54, 1.807) is 31.6 Å². The summed E-state index contributed by atoms with van der Waals surface area (Å²) in [5, 5.41) is 2.70. The highest BCUT2D eigenvalue weighted by Crippen LogP contribution is 2.30. The molecule has 1 N–H and O–H groups in total. The molecule has 1 aromatic carbocycles. The summed E-state index contributed by atoms with van der Waals surface area (Å²) in [5.41, 5.74) is 0.591. The van der Waals surface area contributed by atoms with Gasteiger partial charge in [-0.3, -0.25) is 19.1 Å². The van der Waals surface area contributed by atoms with E-state index in [0.717, 1.165) is 17.7 Å². The highest BCUT2D eigenvalue weighted by atomic mass is 19.4. The lowest BCUT2D eigenvalue weighted by atomic mass is 9.97. The van der Waals surface area contributed by atoms with Crippen LogP contribution in [-0.4, -0.2) is 33.5 Å². The van der Waals surface area contributed by atoms with Crippen molar-refractivity contribution in [1.29, 1.82) is 0 Å². The monoisotopic (exact) mass is 457 g/mol. The van der Waals surface area contributed by atoms with Crippen molar-refractivity contribution in [3.63, 3.8) is 0 Å². The third kappa shape index (κ3) is 5.05. The summed E-state index contributed by atoms with van der Waals surface area (Å²) in [7, 11) is 1.63. The first-order valence-electron chi connectivity index (χ1n) is 10.4. The summed E-state index contributed by atoms with van der Waals surface area (Å²) in [6, 6.07) is 9.34. The molecule has 4 rings (SSSR count). The lowest BCUT2D eigenvalue weighted by Crippen LogP contribution is -2.43. The summed E-state index contributed by atoms with van der Waals surface area (Å²) < 4.78 is 39.7. The van der Waals surface area contributed by atoms with Gasteiger partial charge >= 0.3 is 6.18 Å². The van der Waals surface area contributed by atoms with E-state index in [1.165, 1.54) is 22.8 Å². The number of piperidine rings is 1. The summed E-state index contributed by atoms with van der Waals surface area (Å²) >= 11 is 0.